The number of alkyl halides is 2. The molecule has 1 saturated heterocycles. The average molecular weight is 221 g/mol. The van der Waals surface area contributed by atoms with E-state index in [0.29, 0.717) is 12.5 Å². The highest BCUT2D eigenvalue weighted by Gasteiger charge is 2.20. The van der Waals surface area contributed by atoms with Crippen molar-refractivity contribution < 1.29 is 13.5 Å². The molecule has 1 rings (SSSR count). The Hall–Kier alpha value is -0.220. The Morgan fingerprint density at radius 1 is 1.33 bits per heavy atom. The smallest absolute Gasteiger partial charge is 0.247 e. The van der Waals surface area contributed by atoms with Crippen LogP contribution in [0.4, 0.5) is 8.78 Å². The summed E-state index contributed by atoms with van der Waals surface area (Å²) in [6.07, 6.45) is 3.24. The van der Waals surface area contributed by atoms with E-state index in [-0.39, 0.29) is 13.0 Å². The van der Waals surface area contributed by atoms with Crippen LogP contribution in [-0.4, -0.2) is 32.2 Å². The highest BCUT2D eigenvalue weighted by molar-refractivity contribution is 4.66. The summed E-state index contributed by atoms with van der Waals surface area (Å²) in [5, 5.41) is 3.32. The molecular formula is C11H21F2NO. The first-order valence-corrected chi connectivity index (χ1v) is 5.74. The zero-order valence-electron chi connectivity index (χ0n) is 9.40. The highest BCUT2D eigenvalue weighted by Crippen LogP contribution is 2.18. The Labute approximate surface area is 90.4 Å². The molecule has 0 bridgehead atoms. The summed E-state index contributed by atoms with van der Waals surface area (Å²) >= 11 is 0. The topological polar surface area (TPSA) is 21.3 Å². The summed E-state index contributed by atoms with van der Waals surface area (Å²) in [5.41, 5.74) is 0. The van der Waals surface area contributed by atoms with Gasteiger partial charge in [-0.1, -0.05) is 0 Å². The molecule has 0 aromatic carbocycles. The van der Waals surface area contributed by atoms with Crippen LogP contribution in [0.25, 0.3) is 0 Å². The van der Waals surface area contributed by atoms with Gasteiger partial charge in [0.05, 0.1) is 6.61 Å². The minimum absolute atomic E-state index is 0.169. The zero-order valence-corrected chi connectivity index (χ0v) is 9.40. The van der Waals surface area contributed by atoms with Crippen molar-refractivity contribution in [3.63, 3.8) is 0 Å². The van der Waals surface area contributed by atoms with Gasteiger partial charge < -0.3 is 10.1 Å². The van der Waals surface area contributed by atoms with E-state index < -0.39 is 5.92 Å². The standard InChI is InChI=1S/C11H21F2NO/c1-11(12,13)5-8-15-9-10-3-2-6-14-7-4-10/h10,14H,2-9H2,1H3. The molecule has 0 aliphatic carbocycles. The molecule has 1 heterocycles. The fourth-order valence-electron chi connectivity index (χ4n) is 1.76. The fraction of sp³-hybridized carbons (Fsp3) is 1.00. The molecule has 0 radical (unpaired) electrons. The fourth-order valence-corrected chi connectivity index (χ4v) is 1.76. The van der Waals surface area contributed by atoms with Gasteiger partial charge in [-0.15, -0.1) is 0 Å². The van der Waals surface area contributed by atoms with Crippen molar-refractivity contribution in [3.8, 4) is 0 Å². The molecule has 1 N–H and O–H groups in total. The molecule has 0 amide bonds. The van der Waals surface area contributed by atoms with Crippen molar-refractivity contribution >= 4 is 0 Å². The minimum atomic E-state index is -2.59. The first-order valence-electron chi connectivity index (χ1n) is 5.74. The number of hydrogen-bond donors (Lipinski definition) is 1. The maximum absolute atomic E-state index is 12.5. The van der Waals surface area contributed by atoms with Crippen LogP contribution in [-0.2, 0) is 4.74 Å². The van der Waals surface area contributed by atoms with E-state index >= 15 is 0 Å². The maximum Gasteiger partial charge on any atom is 0.247 e. The van der Waals surface area contributed by atoms with Crippen LogP contribution in [0.3, 0.4) is 0 Å². The minimum Gasteiger partial charge on any atom is -0.381 e. The molecule has 15 heavy (non-hydrogen) atoms. The lowest BCUT2D eigenvalue weighted by atomic mass is 10.0. The van der Waals surface area contributed by atoms with Gasteiger partial charge in [-0.3, -0.25) is 0 Å². The molecule has 2 nitrogen and oxygen atoms in total. The largest absolute Gasteiger partial charge is 0.381 e. The van der Waals surface area contributed by atoms with E-state index in [1.807, 2.05) is 0 Å². The predicted molar refractivity (Wildman–Crippen MR) is 56.3 cm³/mol. The first-order chi connectivity index (χ1) is 7.08. The second kappa shape index (κ2) is 6.38. The van der Waals surface area contributed by atoms with Crippen LogP contribution in [0.2, 0.25) is 0 Å². The van der Waals surface area contributed by atoms with E-state index in [4.69, 9.17) is 4.74 Å². The molecule has 4 heteroatoms. The van der Waals surface area contributed by atoms with Crippen LogP contribution < -0.4 is 5.32 Å². The summed E-state index contributed by atoms with van der Waals surface area (Å²) in [6, 6.07) is 0. The van der Waals surface area contributed by atoms with Crippen molar-refractivity contribution in [3.05, 3.63) is 0 Å². The van der Waals surface area contributed by atoms with Gasteiger partial charge in [0.1, 0.15) is 0 Å². The maximum atomic E-state index is 12.5. The molecule has 1 atom stereocenters. The van der Waals surface area contributed by atoms with Crippen molar-refractivity contribution in [1.82, 2.24) is 5.32 Å². The SMILES string of the molecule is CC(F)(F)CCOCC1CCCNCC1. The Bertz CT molecular complexity index is 162. The van der Waals surface area contributed by atoms with E-state index in [1.54, 1.807) is 0 Å². The summed E-state index contributed by atoms with van der Waals surface area (Å²) in [6.45, 7) is 3.85. The Morgan fingerprint density at radius 2 is 2.13 bits per heavy atom. The molecule has 1 aliphatic rings. The Morgan fingerprint density at radius 3 is 2.87 bits per heavy atom. The monoisotopic (exact) mass is 221 g/mol. The molecule has 1 fully saturated rings. The first kappa shape index (κ1) is 12.8. The quantitative estimate of drug-likeness (QED) is 0.720. The highest BCUT2D eigenvalue weighted by atomic mass is 19.3. The third kappa shape index (κ3) is 6.79. The van der Waals surface area contributed by atoms with Gasteiger partial charge in [-0.05, 0) is 45.2 Å². The second-order valence-electron chi connectivity index (χ2n) is 4.44. The number of hydrogen-bond acceptors (Lipinski definition) is 2. The second-order valence-corrected chi connectivity index (χ2v) is 4.44. The lowest BCUT2D eigenvalue weighted by molar-refractivity contribution is -0.0217. The third-order valence-electron chi connectivity index (χ3n) is 2.73. The van der Waals surface area contributed by atoms with Crippen LogP contribution >= 0.6 is 0 Å². The van der Waals surface area contributed by atoms with Crippen LogP contribution in [0.1, 0.15) is 32.6 Å². The molecule has 0 saturated carbocycles. The van der Waals surface area contributed by atoms with E-state index in [2.05, 4.69) is 5.32 Å². The molecule has 0 aromatic rings. The molecule has 0 aromatic heterocycles. The summed E-state index contributed by atoms with van der Waals surface area (Å²) in [7, 11) is 0. The van der Waals surface area contributed by atoms with E-state index in [1.165, 1.54) is 0 Å². The predicted octanol–water partition coefficient (Wildman–Crippen LogP) is 2.44. The van der Waals surface area contributed by atoms with Gasteiger partial charge >= 0.3 is 0 Å². The van der Waals surface area contributed by atoms with Crippen molar-refractivity contribution in [1.29, 1.82) is 0 Å². The molecule has 90 valence electrons. The zero-order chi connectivity index (χ0) is 11.1. The van der Waals surface area contributed by atoms with Gasteiger partial charge in [0, 0.05) is 13.0 Å². The summed E-state index contributed by atoms with van der Waals surface area (Å²) < 4.78 is 30.2. The number of halogens is 2. The number of rotatable bonds is 5. The molecule has 1 aliphatic heterocycles. The van der Waals surface area contributed by atoms with Gasteiger partial charge in [-0.25, -0.2) is 8.78 Å². The summed E-state index contributed by atoms with van der Waals surface area (Å²) in [4.78, 5) is 0. The van der Waals surface area contributed by atoms with Crippen molar-refractivity contribution in [2.75, 3.05) is 26.3 Å². The van der Waals surface area contributed by atoms with Crippen molar-refractivity contribution in [2.24, 2.45) is 5.92 Å². The van der Waals surface area contributed by atoms with Gasteiger partial charge in [0.15, 0.2) is 0 Å². The van der Waals surface area contributed by atoms with Crippen molar-refractivity contribution in [2.45, 2.75) is 38.5 Å². The van der Waals surface area contributed by atoms with Gasteiger partial charge in [-0.2, -0.15) is 0 Å². The number of nitrogens with one attached hydrogen (secondary N) is 1. The normalized spacial score (nSPS) is 23.8. The molecular weight excluding hydrogens is 200 g/mol. The van der Waals surface area contributed by atoms with Gasteiger partial charge in [0.2, 0.25) is 5.92 Å². The lowest BCUT2D eigenvalue weighted by Crippen LogP contribution is -2.17. The van der Waals surface area contributed by atoms with Crippen LogP contribution in [0.5, 0.6) is 0 Å². The lowest BCUT2D eigenvalue weighted by Gasteiger charge is -2.15. The Balaban J connectivity index is 2.03. The average Bonchev–Trinajstić information content (AvgIpc) is 2.39. The molecule has 1 unspecified atom stereocenters. The third-order valence-corrected chi connectivity index (χ3v) is 2.73. The van der Waals surface area contributed by atoms with E-state index in [0.717, 1.165) is 39.3 Å². The number of ether oxygens (including phenoxy) is 1. The van der Waals surface area contributed by atoms with Gasteiger partial charge in [0.25, 0.3) is 0 Å². The molecule has 0 spiro atoms. The Kier molecular flexibility index (Phi) is 5.47. The van der Waals surface area contributed by atoms with E-state index in [9.17, 15) is 8.78 Å². The van der Waals surface area contributed by atoms with Crippen LogP contribution in [0, 0.1) is 5.92 Å². The summed E-state index contributed by atoms with van der Waals surface area (Å²) in [5.74, 6) is -2.05. The van der Waals surface area contributed by atoms with Crippen LogP contribution in [0.15, 0.2) is 0 Å².